The fourth-order valence-corrected chi connectivity index (χ4v) is 3.51. The molecule has 1 aliphatic heterocycles. The lowest BCUT2D eigenvalue weighted by atomic mass is 9.86. The van der Waals surface area contributed by atoms with Crippen LogP contribution in [0.5, 0.6) is 0 Å². The summed E-state index contributed by atoms with van der Waals surface area (Å²) in [5.41, 5.74) is 3.08. The van der Waals surface area contributed by atoms with Crippen LogP contribution >= 0.6 is 15.9 Å². The van der Waals surface area contributed by atoms with Crippen molar-refractivity contribution in [3.63, 3.8) is 0 Å². The molecule has 1 aliphatic rings. The Morgan fingerprint density at radius 1 is 1.09 bits per heavy atom. The van der Waals surface area contributed by atoms with E-state index in [-0.39, 0.29) is 5.97 Å². The maximum Gasteiger partial charge on any atom is 0.338 e. The number of carbonyl (C=O) groups is 1. The number of ether oxygens (including phenoxy) is 1. The highest BCUT2D eigenvalue weighted by atomic mass is 79.9. The Bertz CT molecular complexity index is 676. The van der Waals surface area contributed by atoms with Crippen molar-refractivity contribution in [1.29, 1.82) is 0 Å². The van der Waals surface area contributed by atoms with Crippen LogP contribution in [0.4, 0.5) is 5.69 Å². The van der Waals surface area contributed by atoms with Gasteiger partial charge in [0.05, 0.1) is 12.7 Å². The molecular formula is C19H20BrNO2. The maximum absolute atomic E-state index is 12.0. The summed E-state index contributed by atoms with van der Waals surface area (Å²) in [6.07, 6.45) is 2.09. The van der Waals surface area contributed by atoms with Crippen LogP contribution in [0.15, 0.2) is 53.0 Å². The SMILES string of the molecule is COC(=O)c1ccccc1C1CCN(c2ccc(Br)cc2)CC1. The van der Waals surface area contributed by atoms with E-state index in [9.17, 15) is 4.79 Å². The summed E-state index contributed by atoms with van der Waals surface area (Å²) in [7, 11) is 1.44. The number of methoxy groups -OCH3 is 1. The summed E-state index contributed by atoms with van der Waals surface area (Å²) in [6, 6.07) is 16.3. The number of rotatable bonds is 3. The summed E-state index contributed by atoms with van der Waals surface area (Å²) >= 11 is 3.48. The maximum atomic E-state index is 12.0. The van der Waals surface area contributed by atoms with Crippen molar-refractivity contribution in [3.8, 4) is 0 Å². The van der Waals surface area contributed by atoms with Gasteiger partial charge in [0, 0.05) is 23.2 Å². The highest BCUT2D eigenvalue weighted by Crippen LogP contribution is 2.32. The molecule has 2 aromatic rings. The van der Waals surface area contributed by atoms with Crippen molar-refractivity contribution in [1.82, 2.24) is 0 Å². The topological polar surface area (TPSA) is 29.5 Å². The second-order valence-electron chi connectivity index (χ2n) is 5.82. The number of hydrogen-bond acceptors (Lipinski definition) is 3. The molecule has 1 saturated heterocycles. The zero-order valence-corrected chi connectivity index (χ0v) is 14.8. The number of benzene rings is 2. The Morgan fingerprint density at radius 2 is 1.74 bits per heavy atom. The molecule has 1 heterocycles. The molecule has 0 aromatic heterocycles. The second kappa shape index (κ2) is 7.18. The van der Waals surface area contributed by atoms with E-state index in [2.05, 4.69) is 51.2 Å². The molecule has 2 aromatic carbocycles. The lowest BCUT2D eigenvalue weighted by Crippen LogP contribution is -2.33. The number of piperidine rings is 1. The average Bonchev–Trinajstić information content (AvgIpc) is 2.62. The zero-order chi connectivity index (χ0) is 16.2. The molecule has 1 fully saturated rings. The summed E-state index contributed by atoms with van der Waals surface area (Å²) in [4.78, 5) is 14.4. The molecule has 0 spiro atoms. The zero-order valence-electron chi connectivity index (χ0n) is 13.2. The lowest BCUT2D eigenvalue weighted by Gasteiger charge is -2.34. The van der Waals surface area contributed by atoms with E-state index in [0.717, 1.165) is 36.0 Å². The van der Waals surface area contributed by atoms with E-state index < -0.39 is 0 Å². The van der Waals surface area contributed by atoms with Crippen molar-refractivity contribution in [2.24, 2.45) is 0 Å². The van der Waals surface area contributed by atoms with Gasteiger partial charge in [0.15, 0.2) is 0 Å². The monoisotopic (exact) mass is 373 g/mol. The van der Waals surface area contributed by atoms with E-state index in [4.69, 9.17) is 4.74 Å². The van der Waals surface area contributed by atoms with E-state index in [1.165, 1.54) is 12.8 Å². The molecule has 0 atom stereocenters. The van der Waals surface area contributed by atoms with Gasteiger partial charge in [-0.2, -0.15) is 0 Å². The van der Waals surface area contributed by atoms with Crippen LogP contribution in [-0.2, 0) is 4.74 Å². The third kappa shape index (κ3) is 3.58. The van der Waals surface area contributed by atoms with Crippen molar-refractivity contribution in [3.05, 3.63) is 64.1 Å². The molecule has 0 unspecified atom stereocenters. The van der Waals surface area contributed by atoms with Gasteiger partial charge in [-0.25, -0.2) is 4.79 Å². The highest BCUT2D eigenvalue weighted by Gasteiger charge is 2.24. The smallest absolute Gasteiger partial charge is 0.338 e. The largest absolute Gasteiger partial charge is 0.465 e. The van der Waals surface area contributed by atoms with Crippen LogP contribution in [0.25, 0.3) is 0 Å². The van der Waals surface area contributed by atoms with Crippen molar-refractivity contribution in [2.45, 2.75) is 18.8 Å². The number of carbonyl (C=O) groups excluding carboxylic acids is 1. The molecule has 0 N–H and O–H groups in total. The fraction of sp³-hybridized carbons (Fsp3) is 0.316. The highest BCUT2D eigenvalue weighted by molar-refractivity contribution is 9.10. The number of esters is 1. The van der Waals surface area contributed by atoms with Gasteiger partial charge in [-0.05, 0) is 54.7 Å². The normalized spacial score (nSPS) is 15.5. The van der Waals surface area contributed by atoms with E-state index >= 15 is 0 Å². The first-order valence-electron chi connectivity index (χ1n) is 7.87. The molecule has 3 rings (SSSR count). The molecule has 3 nitrogen and oxygen atoms in total. The lowest BCUT2D eigenvalue weighted by molar-refractivity contribution is 0.0598. The van der Waals surface area contributed by atoms with E-state index in [0.29, 0.717) is 11.5 Å². The van der Waals surface area contributed by atoms with Gasteiger partial charge in [-0.15, -0.1) is 0 Å². The molecule has 23 heavy (non-hydrogen) atoms. The molecule has 0 amide bonds. The summed E-state index contributed by atoms with van der Waals surface area (Å²) in [5, 5.41) is 0. The fourth-order valence-electron chi connectivity index (χ4n) is 3.25. The number of halogens is 1. The van der Waals surface area contributed by atoms with Gasteiger partial charge < -0.3 is 9.64 Å². The Hall–Kier alpha value is -1.81. The van der Waals surface area contributed by atoms with Gasteiger partial charge >= 0.3 is 5.97 Å². The molecule has 4 heteroatoms. The summed E-state index contributed by atoms with van der Waals surface area (Å²) in [6.45, 7) is 2.00. The number of nitrogens with zero attached hydrogens (tertiary/aromatic N) is 1. The van der Waals surface area contributed by atoms with Crippen LogP contribution in [-0.4, -0.2) is 26.2 Å². The van der Waals surface area contributed by atoms with Crippen molar-refractivity contribution in [2.75, 3.05) is 25.1 Å². The third-order valence-electron chi connectivity index (χ3n) is 4.49. The van der Waals surface area contributed by atoms with Crippen LogP contribution in [0.2, 0.25) is 0 Å². The summed E-state index contributed by atoms with van der Waals surface area (Å²) < 4.78 is 6.02. The minimum atomic E-state index is -0.240. The van der Waals surface area contributed by atoms with E-state index in [1.807, 2.05) is 18.2 Å². The Balaban J connectivity index is 1.72. The average molecular weight is 374 g/mol. The van der Waals surface area contributed by atoms with E-state index in [1.54, 1.807) is 0 Å². The molecule has 0 saturated carbocycles. The first-order valence-corrected chi connectivity index (χ1v) is 8.66. The van der Waals surface area contributed by atoms with Crippen molar-refractivity contribution >= 4 is 27.6 Å². The van der Waals surface area contributed by atoms with Gasteiger partial charge in [0.25, 0.3) is 0 Å². The van der Waals surface area contributed by atoms with Crippen LogP contribution in [0, 0.1) is 0 Å². The molecule has 0 bridgehead atoms. The van der Waals surface area contributed by atoms with Gasteiger partial charge in [0.2, 0.25) is 0 Å². The van der Waals surface area contributed by atoms with Crippen LogP contribution in [0.3, 0.4) is 0 Å². The van der Waals surface area contributed by atoms with Gasteiger partial charge in [-0.3, -0.25) is 0 Å². The van der Waals surface area contributed by atoms with Gasteiger partial charge in [-0.1, -0.05) is 34.1 Å². The van der Waals surface area contributed by atoms with Crippen LogP contribution in [0.1, 0.15) is 34.7 Å². The Labute approximate surface area is 145 Å². The quantitative estimate of drug-likeness (QED) is 0.735. The second-order valence-corrected chi connectivity index (χ2v) is 6.73. The minimum absolute atomic E-state index is 0.240. The number of anilines is 1. The third-order valence-corrected chi connectivity index (χ3v) is 5.02. The predicted octanol–water partition coefficient (Wildman–Crippen LogP) is 4.62. The first kappa shape index (κ1) is 16.1. The summed E-state index contributed by atoms with van der Waals surface area (Å²) in [5.74, 6) is 0.174. The standard InChI is InChI=1S/C19H20BrNO2/c1-23-19(22)18-5-3-2-4-17(18)14-10-12-21(13-11-14)16-8-6-15(20)7-9-16/h2-9,14H,10-13H2,1H3. The Morgan fingerprint density at radius 3 is 2.39 bits per heavy atom. The molecule has 120 valence electrons. The Kier molecular flexibility index (Phi) is 5.01. The first-order chi connectivity index (χ1) is 11.2. The predicted molar refractivity (Wildman–Crippen MR) is 96.1 cm³/mol. The molecular weight excluding hydrogens is 354 g/mol. The number of hydrogen-bond donors (Lipinski definition) is 0. The minimum Gasteiger partial charge on any atom is -0.465 e. The molecule has 0 radical (unpaired) electrons. The molecule has 0 aliphatic carbocycles. The van der Waals surface area contributed by atoms with Crippen LogP contribution < -0.4 is 4.90 Å². The van der Waals surface area contributed by atoms with Gasteiger partial charge in [0.1, 0.15) is 0 Å². The van der Waals surface area contributed by atoms with Crippen molar-refractivity contribution < 1.29 is 9.53 Å².